The number of imidazole rings is 1. The summed E-state index contributed by atoms with van der Waals surface area (Å²) in [5.74, 6) is -3.74. The number of nitrogens with zero attached hydrogens (tertiary/aromatic N) is 2. The number of pyridine rings is 1. The quantitative estimate of drug-likeness (QED) is 0.237. The number of rotatable bonds is 10. The topological polar surface area (TPSA) is 94.0 Å². The average molecular weight is 569 g/mol. The Labute approximate surface area is 235 Å². The molecule has 2 N–H and O–H groups in total. The van der Waals surface area contributed by atoms with Gasteiger partial charge in [-0.25, -0.2) is 22.9 Å². The lowest BCUT2D eigenvalue weighted by Gasteiger charge is -2.29. The standard InChI is InChI=1S/C30H31F3N4O4/c1-5-30(4,36-29(39)41-15-20-9-7-6-8-10-20)17-34-28(38)26-19(3)35-27-24(13-18(2)14-37(26)27)40-16-21-22(31)11-12-23(32)25(21)33/h6-14H,5,15-17H2,1-4H3,(H,34,38)(H,36,39). The third-order valence-electron chi connectivity index (χ3n) is 6.76. The van der Waals surface area contributed by atoms with Gasteiger partial charge in [0.05, 0.1) is 16.8 Å². The third kappa shape index (κ3) is 6.79. The maximum absolute atomic E-state index is 14.1. The van der Waals surface area contributed by atoms with Crippen LogP contribution in [0.3, 0.4) is 0 Å². The van der Waals surface area contributed by atoms with Gasteiger partial charge in [0.15, 0.2) is 23.0 Å². The molecule has 216 valence electrons. The van der Waals surface area contributed by atoms with Gasteiger partial charge in [0.25, 0.3) is 5.91 Å². The molecule has 41 heavy (non-hydrogen) atoms. The summed E-state index contributed by atoms with van der Waals surface area (Å²) in [6.07, 6.45) is 1.57. The van der Waals surface area contributed by atoms with E-state index in [0.717, 1.165) is 11.6 Å². The number of aromatic nitrogens is 2. The number of hydrogen-bond acceptors (Lipinski definition) is 5. The summed E-state index contributed by atoms with van der Waals surface area (Å²) in [6, 6.07) is 12.4. The van der Waals surface area contributed by atoms with Gasteiger partial charge >= 0.3 is 6.09 Å². The van der Waals surface area contributed by atoms with E-state index >= 15 is 0 Å². The summed E-state index contributed by atoms with van der Waals surface area (Å²) in [6.45, 7) is 6.70. The van der Waals surface area contributed by atoms with Crippen molar-refractivity contribution < 1.29 is 32.2 Å². The number of amides is 2. The molecule has 0 aliphatic heterocycles. The first kappa shape index (κ1) is 29.4. The van der Waals surface area contributed by atoms with Crippen LogP contribution in [0, 0.1) is 31.3 Å². The second-order valence-corrected chi connectivity index (χ2v) is 10.0. The Hall–Kier alpha value is -4.54. The Morgan fingerprint density at radius 3 is 2.44 bits per heavy atom. The predicted octanol–water partition coefficient (Wildman–Crippen LogP) is 5.77. The first-order valence-electron chi connectivity index (χ1n) is 13.0. The van der Waals surface area contributed by atoms with E-state index in [1.807, 2.05) is 37.3 Å². The smallest absolute Gasteiger partial charge is 0.407 e. The van der Waals surface area contributed by atoms with Crippen LogP contribution in [0.4, 0.5) is 18.0 Å². The van der Waals surface area contributed by atoms with E-state index in [1.165, 1.54) is 4.40 Å². The Morgan fingerprint density at radius 1 is 1.02 bits per heavy atom. The molecule has 8 nitrogen and oxygen atoms in total. The maximum Gasteiger partial charge on any atom is 0.407 e. The van der Waals surface area contributed by atoms with Crippen molar-refractivity contribution in [2.45, 2.75) is 52.9 Å². The van der Waals surface area contributed by atoms with Crippen molar-refractivity contribution in [1.82, 2.24) is 20.0 Å². The summed E-state index contributed by atoms with van der Waals surface area (Å²) < 4.78 is 54.4. The maximum atomic E-state index is 14.1. The van der Waals surface area contributed by atoms with Gasteiger partial charge in [0.2, 0.25) is 0 Å². The first-order valence-corrected chi connectivity index (χ1v) is 13.0. The van der Waals surface area contributed by atoms with Crippen molar-refractivity contribution in [2.75, 3.05) is 6.54 Å². The Balaban J connectivity index is 1.47. The van der Waals surface area contributed by atoms with Gasteiger partial charge in [-0.3, -0.25) is 9.20 Å². The molecule has 1 atom stereocenters. The molecule has 0 fully saturated rings. The first-order chi connectivity index (χ1) is 19.5. The molecule has 4 aromatic rings. The van der Waals surface area contributed by atoms with E-state index in [2.05, 4.69) is 15.6 Å². The van der Waals surface area contributed by atoms with Gasteiger partial charge in [-0.15, -0.1) is 0 Å². The molecule has 0 radical (unpaired) electrons. The molecule has 0 aliphatic rings. The summed E-state index contributed by atoms with van der Waals surface area (Å²) >= 11 is 0. The van der Waals surface area contributed by atoms with Crippen LogP contribution in [0.25, 0.3) is 5.65 Å². The summed E-state index contributed by atoms with van der Waals surface area (Å²) in [5, 5.41) is 5.68. The van der Waals surface area contributed by atoms with Crippen LogP contribution >= 0.6 is 0 Å². The zero-order valence-corrected chi connectivity index (χ0v) is 23.2. The summed E-state index contributed by atoms with van der Waals surface area (Å²) in [5.41, 5.74) is 1.02. The van der Waals surface area contributed by atoms with Crippen molar-refractivity contribution >= 4 is 17.6 Å². The van der Waals surface area contributed by atoms with Crippen LogP contribution in [-0.2, 0) is 18.0 Å². The number of carbonyl (C=O) groups excluding carboxylic acids is 2. The zero-order chi connectivity index (χ0) is 29.7. The fraction of sp³-hybridized carbons (Fsp3) is 0.300. The van der Waals surface area contributed by atoms with Gasteiger partial charge in [0, 0.05) is 12.7 Å². The molecule has 2 aromatic heterocycles. The van der Waals surface area contributed by atoms with Crippen molar-refractivity contribution in [3.8, 4) is 5.75 Å². The average Bonchev–Trinajstić information content (AvgIpc) is 3.28. The van der Waals surface area contributed by atoms with Gasteiger partial charge < -0.3 is 20.1 Å². The minimum Gasteiger partial charge on any atom is -0.485 e. The van der Waals surface area contributed by atoms with Gasteiger partial charge in [0.1, 0.15) is 24.7 Å². The van der Waals surface area contributed by atoms with Crippen LogP contribution in [-0.4, -0.2) is 33.5 Å². The van der Waals surface area contributed by atoms with E-state index in [-0.39, 0.29) is 30.2 Å². The molecular formula is C30H31F3N4O4. The lowest BCUT2D eigenvalue weighted by molar-refractivity contribution is 0.0923. The number of nitrogens with one attached hydrogen (secondary N) is 2. The monoisotopic (exact) mass is 568 g/mol. The van der Waals surface area contributed by atoms with Gasteiger partial charge in [-0.2, -0.15) is 0 Å². The molecule has 1 unspecified atom stereocenters. The molecule has 4 rings (SSSR count). The van der Waals surface area contributed by atoms with E-state index in [4.69, 9.17) is 9.47 Å². The normalized spacial score (nSPS) is 12.6. The van der Waals surface area contributed by atoms with Crippen molar-refractivity contribution in [3.05, 3.63) is 100 Å². The van der Waals surface area contributed by atoms with Crippen LogP contribution in [0.5, 0.6) is 5.75 Å². The minimum absolute atomic E-state index is 0.0999. The van der Waals surface area contributed by atoms with Crippen molar-refractivity contribution in [1.29, 1.82) is 0 Å². The number of benzene rings is 2. The Morgan fingerprint density at radius 2 is 1.73 bits per heavy atom. The van der Waals surface area contributed by atoms with E-state index < -0.39 is 47.2 Å². The fourth-order valence-corrected chi connectivity index (χ4v) is 4.21. The molecule has 2 heterocycles. The molecule has 2 amide bonds. The minimum atomic E-state index is -1.33. The zero-order valence-electron chi connectivity index (χ0n) is 23.2. The number of aryl methyl sites for hydroxylation is 2. The predicted molar refractivity (Wildman–Crippen MR) is 146 cm³/mol. The van der Waals surface area contributed by atoms with Crippen LogP contribution < -0.4 is 15.4 Å². The highest BCUT2D eigenvalue weighted by Gasteiger charge is 2.28. The third-order valence-corrected chi connectivity index (χ3v) is 6.76. The van der Waals surface area contributed by atoms with E-state index in [9.17, 15) is 22.8 Å². The highest BCUT2D eigenvalue weighted by molar-refractivity contribution is 5.95. The summed E-state index contributed by atoms with van der Waals surface area (Å²) in [7, 11) is 0. The van der Waals surface area contributed by atoms with Crippen LogP contribution in [0.2, 0.25) is 0 Å². The number of alkyl carbamates (subject to hydrolysis) is 1. The Bertz CT molecular complexity index is 1580. The lowest BCUT2D eigenvalue weighted by Crippen LogP contribution is -2.53. The molecule has 11 heteroatoms. The van der Waals surface area contributed by atoms with Crippen molar-refractivity contribution in [3.63, 3.8) is 0 Å². The largest absolute Gasteiger partial charge is 0.485 e. The second kappa shape index (κ2) is 12.3. The number of hydrogen-bond donors (Lipinski definition) is 2. The van der Waals surface area contributed by atoms with Gasteiger partial charge in [-0.05, 0) is 56.5 Å². The number of ether oxygens (including phenoxy) is 2. The van der Waals surface area contributed by atoms with Crippen LogP contribution in [0.1, 0.15) is 53.1 Å². The molecule has 0 aliphatic carbocycles. The molecule has 0 spiro atoms. The molecule has 2 aromatic carbocycles. The van der Waals surface area contributed by atoms with E-state index in [0.29, 0.717) is 23.7 Å². The Kier molecular flexibility index (Phi) is 8.85. The van der Waals surface area contributed by atoms with Gasteiger partial charge in [-0.1, -0.05) is 37.3 Å². The number of fused-ring (bicyclic) bond motifs is 1. The second-order valence-electron chi connectivity index (χ2n) is 10.0. The fourth-order valence-electron chi connectivity index (χ4n) is 4.21. The molecule has 0 saturated carbocycles. The number of carbonyl (C=O) groups is 2. The lowest BCUT2D eigenvalue weighted by atomic mass is 9.99. The molecular weight excluding hydrogens is 537 g/mol. The van der Waals surface area contributed by atoms with Crippen LogP contribution in [0.15, 0.2) is 54.7 Å². The van der Waals surface area contributed by atoms with Crippen molar-refractivity contribution in [2.24, 2.45) is 0 Å². The summed E-state index contributed by atoms with van der Waals surface area (Å²) in [4.78, 5) is 30.2. The molecule has 0 saturated heterocycles. The SMILES string of the molecule is CCC(C)(CNC(=O)c1c(C)nc2c(OCc3c(F)ccc(F)c3F)cc(C)cn12)NC(=O)OCc1ccccc1. The number of halogens is 3. The molecule has 0 bridgehead atoms. The highest BCUT2D eigenvalue weighted by Crippen LogP contribution is 2.26. The highest BCUT2D eigenvalue weighted by atomic mass is 19.2. The van der Waals surface area contributed by atoms with E-state index in [1.54, 1.807) is 33.0 Å².